The molecule has 0 N–H and O–H groups in total. The van der Waals surface area contributed by atoms with Gasteiger partial charge in [-0.2, -0.15) is 4.98 Å². The van der Waals surface area contributed by atoms with E-state index in [4.69, 9.17) is 9.72 Å². The van der Waals surface area contributed by atoms with Crippen LogP contribution in [-0.2, 0) is 4.74 Å². The Hall–Kier alpha value is -2.00. The zero-order valence-electron chi connectivity index (χ0n) is 15.9. The minimum Gasteiger partial charge on any atom is -0.378 e. The highest BCUT2D eigenvalue weighted by atomic mass is 79.9. The van der Waals surface area contributed by atoms with Crippen LogP contribution in [-0.4, -0.2) is 67.4 Å². The Morgan fingerprint density at radius 2 is 2.04 bits per heavy atom. The summed E-state index contributed by atoms with van der Waals surface area (Å²) in [6, 6.07) is 3.63. The smallest absolute Gasteiger partial charge is 0.227 e. The number of hydrogen-bond acceptors (Lipinski definition) is 7. The van der Waals surface area contributed by atoms with Gasteiger partial charge >= 0.3 is 0 Å². The first-order chi connectivity index (χ1) is 13.6. The maximum atomic E-state index is 14.4. The molecule has 0 aliphatic carbocycles. The highest BCUT2D eigenvalue weighted by molar-refractivity contribution is 9.10. The van der Waals surface area contributed by atoms with Gasteiger partial charge in [-0.3, -0.25) is 0 Å². The van der Waals surface area contributed by atoms with E-state index in [1.165, 1.54) is 6.07 Å². The van der Waals surface area contributed by atoms with Gasteiger partial charge in [0.05, 0.1) is 13.2 Å². The zero-order chi connectivity index (χ0) is 19.5. The zero-order valence-corrected chi connectivity index (χ0v) is 17.5. The molecule has 0 radical (unpaired) electrons. The van der Waals surface area contributed by atoms with Gasteiger partial charge in [-0.15, -0.1) is 0 Å². The quantitative estimate of drug-likeness (QED) is 0.709. The van der Waals surface area contributed by atoms with E-state index in [1.807, 2.05) is 18.0 Å². The summed E-state index contributed by atoms with van der Waals surface area (Å²) in [5, 5.41) is 0. The van der Waals surface area contributed by atoms with Crippen LogP contribution in [0.15, 0.2) is 29.0 Å². The average Bonchev–Trinajstić information content (AvgIpc) is 2.74. The molecule has 0 aromatic carbocycles. The van der Waals surface area contributed by atoms with Gasteiger partial charge in [-0.1, -0.05) is 0 Å². The van der Waals surface area contributed by atoms with E-state index in [0.717, 1.165) is 44.2 Å². The molecule has 4 rings (SSSR count). The monoisotopic (exact) mass is 450 g/mol. The van der Waals surface area contributed by atoms with Gasteiger partial charge in [0.15, 0.2) is 11.6 Å². The average molecular weight is 451 g/mol. The topological polar surface area (TPSA) is 57.6 Å². The number of likely N-dealkylation sites (N-methyl/N-ethyl adjacent to an activating group) is 1. The normalized spacial score (nSPS) is 20.3. The van der Waals surface area contributed by atoms with Crippen LogP contribution in [0.4, 0.5) is 22.0 Å². The van der Waals surface area contributed by atoms with E-state index in [9.17, 15) is 4.39 Å². The van der Waals surface area contributed by atoms with E-state index >= 15 is 0 Å². The van der Waals surface area contributed by atoms with Crippen molar-refractivity contribution in [3.8, 4) is 0 Å². The number of ether oxygens (including phenoxy) is 1. The van der Waals surface area contributed by atoms with Crippen molar-refractivity contribution in [2.75, 3.05) is 61.1 Å². The molecular formula is C19H24BrFN6O. The summed E-state index contributed by atoms with van der Waals surface area (Å²) in [6.45, 7) is 4.52. The third-order valence-electron chi connectivity index (χ3n) is 5.32. The van der Waals surface area contributed by atoms with Crippen molar-refractivity contribution >= 4 is 33.5 Å². The fourth-order valence-electron chi connectivity index (χ4n) is 3.74. The number of anilines is 3. The molecular weight excluding hydrogens is 427 g/mol. The van der Waals surface area contributed by atoms with Crippen molar-refractivity contribution < 1.29 is 9.13 Å². The standard InChI is InChI=1S/C19H24BrFN6O/c1-25(17-4-5-22-19(24-17)26-7-9-28-10-8-26)15-3-2-6-27(13-15)18-16(21)11-14(20)12-23-18/h4-5,11-12,15H,2-3,6-10,13H2,1H3. The van der Waals surface area contributed by atoms with Gasteiger partial charge in [0.25, 0.3) is 0 Å². The highest BCUT2D eigenvalue weighted by Gasteiger charge is 2.27. The summed E-state index contributed by atoms with van der Waals surface area (Å²) >= 11 is 3.27. The van der Waals surface area contributed by atoms with Crippen LogP contribution in [0, 0.1) is 5.82 Å². The number of halogens is 2. The lowest BCUT2D eigenvalue weighted by Crippen LogP contribution is -2.47. The third kappa shape index (κ3) is 4.20. The van der Waals surface area contributed by atoms with E-state index < -0.39 is 0 Å². The van der Waals surface area contributed by atoms with Crippen LogP contribution in [0.25, 0.3) is 0 Å². The van der Waals surface area contributed by atoms with Crippen LogP contribution in [0.2, 0.25) is 0 Å². The van der Waals surface area contributed by atoms with Crippen molar-refractivity contribution in [2.24, 2.45) is 0 Å². The van der Waals surface area contributed by atoms with E-state index in [0.29, 0.717) is 30.0 Å². The lowest BCUT2D eigenvalue weighted by molar-refractivity contribution is 0.122. The summed E-state index contributed by atoms with van der Waals surface area (Å²) in [5.74, 6) is 1.74. The molecule has 1 unspecified atom stereocenters. The SMILES string of the molecule is CN(c1ccnc(N2CCOCC2)n1)C1CCCN(c2ncc(Br)cc2F)C1. The lowest BCUT2D eigenvalue weighted by atomic mass is 10.0. The van der Waals surface area contributed by atoms with E-state index in [-0.39, 0.29) is 11.9 Å². The molecule has 9 heteroatoms. The third-order valence-corrected chi connectivity index (χ3v) is 5.75. The summed E-state index contributed by atoms with van der Waals surface area (Å²) in [5.41, 5.74) is 0. The van der Waals surface area contributed by atoms with Crippen molar-refractivity contribution in [1.82, 2.24) is 15.0 Å². The Bertz CT molecular complexity index is 819. The van der Waals surface area contributed by atoms with Gasteiger partial charge < -0.3 is 19.4 Å². The van der Waals surface area contributed by atoms with E-state index in [1.54, 1.807) is 12.4 Å². The fourth-order valence-corrected chi connectivity index (χ4v) is 4.05. The number of hydrogen-bond donors (Lipinski definition) is 0. The first-order valence-corrected chi connectivity index (χ1v) is 10.4. The number of aromatic nitrogens is 3. The van der Waals surface area contributed by atoms with Gasteiger partial charge in [-0.25, -0.2) is 14.4 Å². The molecule has 4 heterocycles. The van der Waals surface area contributed by atoms with Crippen molar-refractivity contribution in [3.05, 3.63) is 34.8 Å². The Morgan fingerprint density at radius 1 is 1.21 bits per heavy atom. The van der Waals surface area contributed by atoms with Gasteiger partial charge in [0.2, 0.25) is 5.95 Å². The minimum absolute atomic E-state index is 0.228. The molecule has 2 aliphatic heterocycles. The first kappa shape index (κ1) is 19.3. The second-order valence-electron chi connectivity index (χ2n) is 7.13. The second kappa shape index (κ2) is 8.57. The van der Waals surface area contributed by atoms with Crippen LogP contribution in [0.1, 0.15) is 12.8 Å². The molecule has 1 atom stereocenters. The molecule has 2 aromatic heterocycles. The highest BCUT2D eigenvalue weighted by Crippen LogP contribution is 2.26. The summed E-state index contributed by atoms with van der Waals surface area (Å²) in [6.07, 6.45) is 5.46. The Morgan fingerprint density at radius 3 is 2.82 bits per heavy atom. The fraction of sp³-hybridized carbons (Fsp3) is 0.526. The number of pyridine rings is 1. The van der Waals surface area contributed by atoms with Crippen molar-refractivity contribution in [1.29, 1.82) is 0 Å². The maximum Gasteiger partial charge on any atom is 0.227 e. The number of morpholine rings is 1. The predicted molar refractivity (Wildman–Crippen MR) is 111 cm³/mol. The molecule has 2 aliphatic rings. The molecule has 7 nitrogen and oxygen atoms in total. The summed E-state index contributed by atoms with van der Waals surface area (Å²) in [7, 11) is 2.05. The van der Waals surface area contributed by atoms with Gasteiger partial charge in [0.1, 0.15) is 5.82 Å². The van der Waals surface area contributed by atoms with Crippen molar-refractivity contribution in [3.63, 3.8) is 0 Å². The molecule has 2 saturated heterocycles. The Labute approximate surface area is 172 Å². The largest absolute Gasteiger partial charge is 0.378 e. The number of rotatable bonds is 4. The first-order valence-electron chi connectivity index (χ1n) is 9.56. The van der Waals surface area contributed by atoms with Crippen LogP contribution < -0.4 is 14.7 Å². The molecule has 0 amide bonds. The molecule has 2 fully saturated rings. The molecule has 150 valence electrons. The maximum absolute atomic E-state index is 14.4. The second-order valence-corrected chi connectivity index (χ2v) is 8.04. The Balaban J connectivity index is 1.49. The number of nitrogens with zero attached hydrogens (tertiary/aromatic N) is 6. The summed E-state index contributed by atoms with van der Waals surface area (Å²) < 4.78 is 20.4. The lowest BCUT2D eigenvalue weighted by Gasteiger charge is -2.39. The Kier molecular flexibility index (Phi) is 5.91. The summed E-state index contributed by atoms with van der Waals surface area (Å²) in [4.78, 5) is 19.8. The number of piperidine rings is 1. The molecule has 0 bridgehead atoms. The van der Waals surface area contributed by atoms with Gasteiger partial charge in [-0.05, 0) is 40.9 Å². The molecule has 0 spiro atoms. The molecule has 28 heavy (non-hydrogen) atoms. The van der Waals surface area contributed by atoms with Crippen LogP contribution in [0.5, 0.6) is 0 Å². The molecule has 0 saturated carbocycles. The van der Waals surface area contributed by atoms with Crippen molar-refractivity contribution in [2.45, 2.75) is 18.9 Å². The minimum atomic E-state index is -0.297. The van der Waals surface area contributed by atoms with E-state index in [2.05, 4.69) is 35.7 Å². The van der Waals surface area contributed by atoms with Gasteiger partial charge in [0, 0.05) is 56.1 Å². The van der Waals surface area contributed by atoms with Crippen LogP contribution >= 0.6 is 15.9 Å². The predicted octanol–water partition coefficient (Wildman–Crippen LogP) is 2.71. The van der Waals surface area contributed by atoms with Crippen LogP contribution in [0.3, 0.4) is 0 Å². The molecule has 2 aromatic rings.